The van der Waals surface area contributed by atoms with Crippen molar-refractivity contribution in [1.82, 2.24) is 5.32 Å². The zero-order chi connectivity index (χ0) is 14.5. The molecule has 7 heteroatoms. The molecule has 1 unspecified atom stereocenters. The van der Waals surface area contributed by atoms with Crippen molar-refractivity contribution in [1.29, 1.82) is 0 Å². The van der Waals surface area contributed by atoms with Crippen LogP contribution in [-0.4, -0.2) is 26.8 Å². The largest absolute Gasteiger partial charge is 0.315 e. The maximum atomic E-state index is 13.2. The highest BCUT2D eigenvalue weighted by Gasteiger charge is 2.20. The van der Waals surface area contributed by atoms with E-state index in [2.05, 4.69) is 10.0 Å². The van der Waals surface area contributed by atoms with Gasteiger partial charge in [-0.15, -0.1) is 0 Å². The van der Waals surface area contributed by atoms with Gasteiger partial charge in [-0.1, -0.05) is 18.5 Å². The minimum absolute atomic E-state index is 0.0411. The Morgan fingerprint density at radius 3 is 2.68 bits per heavy atom. The summed E-state index contributed by atoms with van der Waals surface area (Å²) >= 11 is 5.54. The van der Waals surface area contributed by atoms with Crippen LogP contribution >= 0.6 is 11.6 Å². The number of anilines is 1. The standard InChI is InChI=1S/C12H18ClFN2O2S/c1-3-6-15-8-9(2)19(17,18)16-10-4-5-11(13)12(14)7-10/h4-5,7,9,15-16H,3,6,8H2,1-2H3. The zero-order valence-electron chi connectivity index (χ0n) is 10.9. The van der Waals surface area contributed by atoms with Crippen molar-refractivity contribution in [3.63, 3.8) is 0 Å². The van der Waals surface area contributed by atoms with Crippen LogP contribution in [0.5, 0.6) is 0 Å². The maximum absolute atomic E-state index is 13.2. The van der Waals surface area contributed by atoms with E-state index in [-0.39, 0.29) is 10.7 Å². The monoisotopic (exact) mass is 308 g/mol. The second-order valence-electron chi connectivity index (χ2n) is 4.29. The molecule has 0 saturated heterocycles. The van der Waals surface area contributed by atoms with Crippen LogP contribution in [0, 0.1) is 5.82 Å². The van der Waals surface area contributed by atoms with Crippen molar-refractivity contribution >= 4 is 27.3 Å². The summed E-state index contributed by atoms with van der Waals surface area (Å²) in [5.74, 6) is -0.654. The molecule has 0 spiro atoms. The molecule has 1 rings (SSSR count). The number of nitrogens with one attached hydrogen (secondary N) is 2. The van der Waals surface area contributed by atoms with Crippen molar-refractivity contribution in [3.8, 4) is 0 Å². The van der Waals surface area contributed by atoms with E-state index in [1.807, 2.05) is 6.92 Å². The molecule has 108 valence electrons. The predicted octanol–water partition coefficient (Wildman–Crippen LogP) is 2.61. The summed E-state index contributed by atoms with van der Waals surface area (Å²) in [6.07, 6.45) is 0.933. The number of benzene rings is 1. The first kappa shape index (κ1) is 16.2. The van der Waals surface area contributed by atoms with Crippen LogP contribution in [0.3, 0.4) is 0 Å². The second-order valence-corrected chi connectivity index (χ2v) is 6.80. The van der Waals surface area contributed by atoms with Crippen molar-refractivity contribution < 1.29 is 12.8 Å². The van der Waals surface area contributed by atoms with Crippen LogP contribution in [-0.2, 0) is 10.0 Å². The Morgan fingerprint density at radius 1 is 1.42 bits per heavy atom. The summed E-state index contributed by atoms with van der Waals surface area (Å²) < 4.78 is 39.5. The highest BCUT2D eigenvalue weighted by molar-refractivity contribution is 7.93. The SMILES string of the molecule is CCCNCC(C)S(=O)(=O)Nc1ccc(Cl)c(F)c1. The molecule has 0 fully saturated rings. The van der Waals surface area contributed by atoms with Crippen molar-refractivity contribution in [2.24, 2.45) is 0 Å². The molecule has 1 aromatic carbocycles. The molecule has 0 aliphatic carbocycles. The van der Waals surface area contributed by atoms with Crippen LogP contribution in [0.1, 0.15) is 20.3 Å². The van der Waals surface area contributed by atoms with Gasteiger partial charge in [0, 0.05) is 6.54 Å². The topological polar surface area (TPSA) is 58.2 Å². The van der Waals surface area contributed by atoms with Crippen molar-refractivity contribution in [2.75, 3.05) is 17.8 Å². The van der Waals surface area contributed by atoms with Crippen LogP contribution in [0.15, 0.2) is 18.2 Å². The minimum atomic E-state index is -3.55. The number of halogens is 2. The Labute approximate surface area is 118 Å². The predicted molar refractivity (Wildman–Crippen MR) is 76.6 cm³/mol. The lowest BCUT2D eigenvalue weighted by molar-refractivity contribution is 0.575. The third-order valence-corrected chi connectivity index (χ3v) is 4.62. The first-order chi connectivity index (χ1) is 8.86. The second kappa shape index (κ2) is 7.07. The molecule has 0 aliphatic heterocycles. The molecular weight excluding hydrogens is 291 g/mol. The van der Waals surface area contributed by atoms with Gasteiger partial charge in [0.2, 0.25) is 10.0 Å². The molecule has 0 aliphatic rings. The average molecular weight is 309 g/mol. The van der Waals surface area contributed by atoms with E-state index in [4.69, 9.17) is 11.6 Å². The lowest BCUT2D eigenvalue weighted by atomic mass is 10.3. The average Bonchev–Trinajstić information content (AvgIpc) is 2.33. The van der Waals surface area contributed by atoms with E-state index in [9.17, 15) is 12.8 Å². The summed E-state index contributed by atoms with van der Waals surface area (Å²) in [7, 11) is -3.55. The van der Waals surface area contributed by atoms with Gasteiger partial charge in [0.05, 0.1) is 16.0 Å². The molecule has 0 aromatic heterocycles. The Hall–Kier alpha value is -0.850. The van der Waals surface area contributed by atoms with Crippen LogP contribution < -0.4 is 10.0 Å². The molecule has 0 bridgehead atoms. The Balaban J connectivity index is 2.70. The lowest BCUT2D eigenvalue weighted by Crippen LogP contribution is -2.35. The van der Waals surface area contributed by atoms with Gasteiger partial charge in [0.15, 0.2) is 0 Å². The van der Waals surface area contributed by atoms with Gasteiger partial charge in [-0.3, -0.25) is 4.72 Å². The van der Waals surface area contributed by atoms with Gasteiger partial charge in [0.1, 0.15) is 5.82 Å². The highest BCUT2D eigenvalue weighted by Crippen LogP contribution is 2.20. The van der Waals surface area contributed by atoms with Crippen LogP contribution in [0.25, 0.3) is 0 Å². The van der Waals surface area contributed by atoms with Crippen LogP contribution in [0.4, 0.5) is 10.1 Å². The van der Waals surface area contributed by atoms with Gasteiger partial charge in [-0.25, -0.2) is 12.8 Å². The number of hydrogen-bond donors (Lipinski definition) is 2. The molecule has 1 aromatic rings. The molecule has 0 heterocycles. The molecule has 0 radical (unpaired) electrons. The van der Waals surface area contributed by atoms with E-state index < -0.39 is 21.1 Å². The normalized spacial score (nSPS) is 13.3. The van der Waals surface area contributed by atoms with E-state index in [1.165, 1.54) is 12.1 Å². The summed E-state index contributed by atoms with van der Waals surface area (Å²) in [6.45, 7) is 4.70. The molecule has 1 atom stereocenters. The van der Waals surface area contributed by atoms with Crippen molar-refractivity contribution in [2.45, 2.75) is 25.5 Å². The third kappa shape index (κ3) is 4.97. The van der Waals surface area contributed by atoms with Gasteiger partial charge in [0.25, 0.3) is 0 Å². The van der Waals surface area contributed by atoms with Crippen LogP contribution in [0.2, 0.25) is 5.02 Å². The fourth-order valence-electron chi connectivity index (χ4n) is 1.42. The molecule has 19 heavy (non-hydrogen) atoms. The van der Waals surface area contributed by atoms with E-state index >= 15 is 0 Å². The lowest BCUT2D eigenvalue weighted by Gasteiger charge is -2.15. The number of rotatable bonds is 7. The van der Waals surface area contributed by atoms with E-state index in [0.717, 1.165) is 19.0 Å². The molecule has 2 N–H and O–H groups in total. The van der Waals surface area contributed by atoms with Crippen molar-refractivity contribution in [3.05, 3.63) is 29.0 Å². The quantitative estimate of drug-likeness (QED) is 0.761. The Morgan fingerprint density at radius 2 is 2.11 bits per heavy atom. The summed E-state index contributed by atoms with van der Waals surface area (Å²) in [5, 5.41) is 2.38. The van der Waals surface area contributed by atoms with Gasteiger partial charge in [-0.05, 0) is 38.1 Å². The van der Waals surface area contributed by atoms with E-state index in [1.54, 1.807) is 6.92 Å². The summed E-state index contributed by atoms with van der Waals surface area (Å²) in [6, 6.07) is 3.80. The zero-order valence-corrected chi connectivity index (χ0v) is 12.5. The molecule has 4 nitrogen and oxygen atoms in total. The summed E-state index contributed by atoms with van der Waals surface area (Å²) in [4.78, 5) is 0. The van der Waals surface area contributed by atoms with Gasteiger partial charge >= 0.3 is 0 Å². The minimum Gasteiger partial charge on any atom is -0.315 e. The maximum Gasteiger partial charge on any atom is 0.236 e. The smallest absolute Gasteiger partial charge is 0.236 e. The number of hydrogen-bond acceptors (Lipinski definition) is 3. The fraction of sp³-hybridized carbons (Fsp3) is 0.500. The third-order valence-electron chi connectivity index (χ3n) is 2.57. The fourth-order valence-corrected chi connectivity index (χ4v) is 2.53. The molecule has 0 saturated carbocycles. The molecular formula is C12H18ClFN2O2S. The Bertz CT molecular complexity index is 522. The Kier molecular flexibility index (Phi) is 6.03. The number of sulfonamides is 1. The summed E-state index contributed by atoms with van der Waals surface area (Å²) in [5.41, 5.74) is 0.171. The first-order valence-corrected chi connectivity index (χ1v) is 7.96. The van der Waals surface area contributed by atoms with Gasteiger partial charge in [-0.2, -0.15) is 0 Å². The first-order valence-electron chi connectivity index (χ1n) is 6.04. The van der Waals surface area contributed by atoms with Gasteiger partial charge < -0.3 is 5.32 Å². The highest BCUT2D eigenvalue weighted by atomic mass is 35.5. The molecule has 0 amide bonds. The van der Waals surface area contributed by atoms with E-state index in [0.29, 0.717) is 6.54 Å².